The van der Waals surface area contributed by atoms with Gasteiger partial charge in [0.1, 0.15) is 6.04 Å². The Hall–Kier alpha value is -1.59. The van der Waals surface area contributed by atoms with Gasteiger partial charge in [0.15, 0.2) is 5.82 Å². The van der Waals surface area contributed by atoms with Gasteiger partial charge in [0.2, 0.25) is 5.89 Å². The molecule has 1 aliphatic carbocycles. The van der Waals surface area contributed by atoms with Crippen molar-refractivity contribution in [3.63, 3.8) is 0 Å². The fraction of sp³-hybridized carbons (Fsp3) is 0.800. The van der Waals surface area contributed by atoms with Crippen molar-refractivity contribution in [1.29, 1.82) is 0 Å². The van der Waals surface area contributed by atoms with E-state index in [9.17, 15) is 4.79 Å². The number of aromatic nitrogens is 2. The molecular weight excluding hydrogens is 268 g/mol. The molecule has 21 heavy (non-hydrogen) atoms. The van der Waals surface area contributed by atoms with Crippen molar-refractivity contribution in [2.75, 3.05) is 6.54 Å². The van der Waals surface area contributed by atoms with Gasteiger partial charge < -0.3 is 14.7 Å². The molecule has 1 saturated carbocycles. The van der Waals surface area contributed by atoms with Gasteiger partial charge in [-0.2, -0.15) is 4.98 Å². The van der Waals surface area contributed by atoms with E-state index in [4.69, 9.17) is 4.52 Å². The van der Waals surface area contributed by atoms with Gasteiger partial charge in [-0.25, -0.2) is 4.79 Å². The van der Waals surface area contributed by atoms with Crippen LogP contribution in [0.4, 0.5) is 4.79 Å². The van der Waals surface area contributed by atoms with Crippen LogP contribution in [0.15, 0.2) is 4.52 Å². The van der Waals surface area contributed by atoms with Gasteiger partial charge in [-0.05, 0) is 25.7 Å². The number of carbonyl (C=O) groups is 1. The van der Waals surface area contributed by atoms with Crippen LogP contribution in [0.25, 0.3) is 0 Å². The van der Waals surface area contributed by atoms with E-state index in [0.29, 0.717) is 17.8 Å². The Morgan fingerprint density at radius 2 is 2.05 bits per heavy atom. The molecule has 1 N–H and O–H groups in total. The molecule has 2 aliphatic rings. The maximum absolute atomic E-state index is 12.5. The van der Waals surface area contributed by atoms with E-state index in [2.05, 4.69) is 15.5 Å². The first-order valence-electron chi connectivity index (χ1n) is 8.06. The average Bonchev–Trinajstić information content (AvgIpc) is 3.19. The van der Waals surface area contributed by atoms with Gasteiger partial charge in [-0.3, -0.25) is 0 Å². The molecule has 1 aliphatic heterocycles. The zero-order valence-corrected chi connectivity index (χ0v) is 12.8. The summed E-state index contributed by atoms with van der Waals surface area (Å²) in [6, 6.07) is 0.299. The molecule has 1 saturated heterocycles. The molecular formula is C15H24N4O2. The number of hydrogen-bond acceptors (Lipinski definition) is 4. The lowest BCUT2D eigenvalue weighted by molar-refractivity contribution is 0.177. The quantitative estimate of drug-likeness (QED) is 0.929. The summed E-state index contributed by atoms with van der Waals surface area (Å²) < 4.78 is 5.38. The molecule has 1 aromatic rings. The highest BCUT2D eigenvalue weighted by Crippen LogP contribution is 2.31. The molecule has 3 rings (SSSR count). The second kappa shape index (κ2) is 6.03. The van der Waals surface area contributed by atoms with Crippen LogP contribution < -0.4 is 5.32 Å². The molecule has 6 heteroatoms. The predicted octanol–water partition coefficient (Wildman–Crippen LogP) is 2.98. The Bertz CT molecular complexity index is 494. The van der Waals surface area contributed by atoms with E-state index in [1.165, 1.54) is 12.8 Å². The minimum absolute atomic E-state index is 0.0219. The summed E-state index contributed by atoms with van der Waals surface area (Å²) in [7, 11) is 0. The molecule has 1 atom stereocenters. The second-order valence-corrected chi connectivity index (χ2v) is 6.43. The van der Waals surface area contributed by atoms with Gasteiger partial charge in [-0.15, -0.1) is 0 Å². The van der Waals surface area contributed by atoms with Gasteiger partial charge in [0.25, 0.3) is 0 Å². The van der Waals surface area contributed by atoms with Crippen LogP contribution in [0, 0.1) is 0 Å². The Kier molecular flexibility index (Phi) is 4.12. The summed E-state index contributed by atoms with van der Waals surface area (Å²) in [6.45, 7) is 4.84. The predicted molar refractivity (Wildman–Crippen MR) is 77.9 cm³/mol. The number of urea groups is 1. The minimum Gasteiger partial charge on any atom is -0.337 e. The molecule has 0 unspecified atom stereocenters. The van der Waals surface area contributed by atoms with Crippen LogP contribution in [0.5, 0.6) is 0 Å². The maximum Gasteiger partial charge on any atom is 0.318 e. The van der Waals surface area contributed by atoms with Crippen molar-refractivity contribution < 1.29 is 9.32 Å². The molecule has 0 aromatic carbocycles. The zero-order valence-electron chi connectivity index (χ0n) is 12.8. The Morgan fingerprint density at radius 1 is 1.29 bits per heavy atom. The summed E-state index contributed by atoms with van der Waals surface area (Å²) in [6.07, 6.45) is 6.52. The van der Waals surface area contributed by atoms with Crippen LogP contribution in [-0.4, -0.2) is 33.7 Å². The summed E-state index contributed by atoms with van der Waals surface area (Å²) in [5.41, 5.74) is 0. The molecule has 0 radical (unpaired) electrons. The van der Waals surface area contributed by atoms with Crippen LogP contribution >= 0.6 is 0 Å². The van der Waals surface area contributed by atoms with E-state index >= 15 is 0 Å². The highest BCUT2D eigenvalue weighted by Gasteiger charge is 2.35. The third-order valence-electron chi connectivity index (χ3n) is 4.46. The number of carbonyl (C=O) groups excluding carboxylic acids is 1. The Balaban J connectivity index is 1.67. The van der Waals surface area contributed by atoms with Crippen molar-refractivity contribution >= 4 is 6.03 Å². The molecule has 2 amide bonds. The Morgan fingerprint density at radius 3 is 2.71 bits per heavy atom. The number of rotatable bonds is 3. The fourth-order valence-electron chi connectivity index (χ4n) is 3.21. The number of nitrogens with one attached hydrogen (secondary N) is 1. The lowest BCUT2D eigenvalue weighted by Gasteiger charge is -2.24. The fourth-order valence-corrected chi connectivity index (χ4v) is 3.21. The average molecular weight is 292 g/mol. The lowest BCUT2D eigenvalue weighted by atomic mass is 10.2. The number of amides is 2. The van der Waals surface area contributed by atoms with Crippen LogP contribution in [0.1, 0.15) is 76.0 Å². The topological polar surface area (TPSA) is 71.3 Å². The Labute approximate surface area is 125 Å². The third kappa shape index (κ3) is 3.04. The first-order valence-corrected chi connectivity index (χ1v) is 8.06. The summed E-state index contributed by atoms with van der Waals surface area (Å²) >= 11 is 0. The highest BCUT2D eigenvalue weighted by molar-refractivity contribution is 5.75. The smallest absolute Gasteiger partial charge is 0.318 e. The number of likely N-dealkylation sites (tertiary alicyclic amines) is 1. The normalized spacial score (nSPS) is 23.2. The number of nitrogens with zero attached hydrogens (tertiary/aromatic N) is 3. The number of hydrogen-bond donors (Lipinski definition) is 1. The largest absolute Gasteiger partial charge is 0.337 e. The summed E-state index contributed by atoms with van der Waals surface area (Å²) in [5, 5.41) is 7.16. The van der Waals surface area contributed by atoms with Gasteiger partial charge in [0.05, 0.1) is 0 Å². The van der Waals surface area contributed by atoms with E-state index in [0.717, 1.165) is 32.2 Å². The minimum atomic E-state index is -0.0635. The van der Waals surface area contributed by atoms with Crippen molar-refractivity contribution in [2.24, 2.45) is 0 Å². The van der Waals surface area contributed by atoms with E-state index in [1.54, 1.807) is 0 Å². The monoisotopic (exact) mass is 292 g/mol. The third-order valence-corrected chi connectivity index (χ3v) is 4.46. The molecule has 116 valence electrons. The van der Waals surface area contributed by atoms with Gasteiger partial charge in [0, 0.05) is 18.5 Å². The lowest BCUT2D eigenvalue weighted by Crippen LogP contribution is -2.43. The first-order chi connectivity index (χ1) is 10.1. The SMILES string of the molecule is CC(C)c1noc([C@H]2CCCN2C(=O)NC2CCCC2)n1. The molecule has 2 heterocycles. The van der Waals surface area contributed by atoms with Crippen LogP contribution in [-0.2, 0) is 0 Å². The van der Waals surface area contributed by atoms with Crippen molar-refractivity contribution in [3.05, 3.63) is 11.7 Å². The highest BCUT2D eigenvalue weighted by atomic mass is 16.5. The summed E-state index contributed by atoms with van der Waals surface area (Å²) in [5.74, 6) is 1.54. The zero-order chi connectivity index (χ0) is 14.8. The second-order valence-electron chi connectivity index (χ2n) is 6.43. The van der Waals surface area contributed by atoms with Gasteiger partial charge >= 0.3 is 6.03 Å². The molecule has 2 fully saturated rings. The molecule has 0 spiro atoms. The van der Waals surface area contributed by atoms with E-state index in [1.807, 2.05) is 18.7 Å². The van der Waals surface area contributed by atoms with E-state index < -0.39 is 0 Å². The van der Waals surface area contributed by atoms with Crippen LogP contribution in [0.3, 0.4) is 0 Å². The maximum atomic E-state index is 12.5. The standard InChI is InChI=1S/C15H24N4O2/c1-10(2)13-17-14(21-18-13)12-8-5-9-19(12)15(20)16-11-6-3-4-7-11/h10-12H,3-9H2,1-2H3,(H,16,20)/t12-/m1/s1. The van der Waals surface area contributed by atoms with Crippen LogP contribution in [0.2, 0.25) is 0 Å². The summed E-state index contributed by atoms with van der Waals surface area (Å²) in [4.78, 5) is 18.8. The van der Waals surface area contributed by atoms with Crippen molar-refractivity contribution in [2.45, 2.75) is 70.4 Å². The van der Waals surface area contributed by atoms with Gasteiger partial charge in [-0.1, -0.05) is 31.8 Å². The molecule has 1 aromatic heterocycles. The molecule has 0 bridgehead atoms. The first kappa shape index (κ1) is 14.4. The van der Waals surface area contributed by atoms with E-state index in [-0.39, 0.29) is 18.0 Å². The van der Waals surface area contributed by atoms with Crippen molar-refractivity contribution in [1.82, 2.24) is 20.4 Å². The van der Waals surface area contributed by atoms with Crippen molar-refractivity contribution in [3.8, 4) is 0 Å². The molecule has 6 nitrogen and oxygen atoms in total.